The fraction of sp³-hybridized carbons (Fsp3) is 0.917. The Bertz CT molecular complexity index is 185. The zero-order chi connectivity index (χ0) is 12.4. The Labute approximate surface area is 106 Å². The monoisotopic (exact) mass is 294 g/mol. The number of alkyl halides is 1. The van der Waals surface area contributed by atoms with Crippen LogP contribution in [0.25, 0.3) is 0 Å². The molecule has 0 heterocycles. The summed E-state index contributed by atoms with van der Waals surface area (Å²) in [6.45, 7) is 2.19. The number of carboxylic acid groups (broad SMARTS) is 1. The van der Waals surface area contributed by atoms with Gasteiger partial charge in [-0.3, -0.25) is 4.79 Å². The molecule has 0 aliphatic carbocycles. The largest absolute Gasteiger partial charge is 0.481 e. The van der Waals surface area contributed by atoms with Crippen molar-refractivity contribution in [3.8, 4) is 0 Å². The summed E-state index contributed by atoms with van der Waals surface area (Å²) in [7, 11) is 0. The van der Waals surface area contributed by atoms with E-state index >= 15 is 0 Å². The molecule has 3 nitrogen and oxygen atoms in total. The van der Waals surface area contributed by atoms with Crippen LogP contribution in [-0.4, -0.2) is 27.1 Å². The van der Waals surface area contributed by atoms with Crippen molar-refractivity contribution < 1.29 is 15.0 Å². The van der Waals surface area contributed by atoms with E-state index in [9.17, 15) is 9.90 Å². The van der Waals surface area contributed by atoms with Crippen LogP contribution in [0.4, 0.5) is 0 Å². The van der Waals surface area contributed by atoms with Crippen LogP contribution in [0.5, 0.6) is 0 Å². The maximum atomic E-state index is 10.4. The van der Waals surface area contributed by atoms with Crippen molar-refractivity contribution in [2.45, 2.75) is 69.2 Å². The van der Waals surface area contributed by atoms with Gasteiger partial charge in [0.15, 0.2) is 0 Å². The molecular formula is C12H23BrO3. The molecule has 4 heteroatoms. The number of hydrogen-bond donors (Lipinski definition) is 2. The van der Waals surface area contributed by atoms with Gasteiger partial charge in [0.25, 0.3) is 0 Å². The summed E-state index contributed by atoms with van der Waals surface area (Å²) in [5.74, 6) is -0.945. The first-order valence-corrected chi connectivity index (χ1v) is 7.03. The van der Waals surface area contributed by atoms with Gasteiger partial charge >= 0.3 is 5.97 Å². The molecule has 96 valence electrons. The third-order valence-corrected chi connectivity index (χ3v) is 3.70. The highest BCUT2D eigenvalue weighted by Crippen LogP contribution is 2.18. The molecule has 0 amide bonds. The van der Waals surface area contributed by atoms with E-state index in [-0.39, 0.29) is 11.2 Å². The number of halogens is 1. The van der Waals surface area contributed by atoms with Gasteiger partial charge in [-0.1, -0.05) is 61.4 Å². The molecule has 2 atom stereocenters. The summed E-state index contributed by atoms with van der Waals surface area (Å²) in [5.41, 5.74) is 0. The van der Waals surface area contributed by atoms with Gasteiger partial charge < -0.3 is 10.2 Å². The molecule has 0 rings (SSSR count). The number of rotatable bonds is 10. The maximum absolute atomic E-state index is 10.4. The molecule has 16 heavy (non-hydrogen) atoms. The average Bonchev–Trinajstić information content (AvgIpc) is 2.21. The Morgan fingerprint density at radius 3 is 2.31 bits per heavy atom. The fourth-order valence-corrected chi connectivity index (χ4v) is 2.13. The summed E-state index contributed by atoms with van der Waals surface area (Å²) >= 11 is 3.34. The number of carbonyl (C=O) groups is 1. The number of carboxylic acids is 1. The van der Waals surface area contributed by atoms with Crippen molar-refractivity contribution in [3.05, 3.63) is 0 Å². The van der Waals surface area contributed by atoms with E-state index < -0.39 is 12.1 Å². The highest BCUT2D eigenvalue weighted by Gasteiger charge is 2.18. The predicted octanol–water partition coefficient (Wildman–Crippen LogP) is 3.34. The van der Waals surface area contributed by atoms with Crippen molar-refractivity contribution in [3.63, 3.8) is 0 Å². The molecule has 0 aliphatic rings. The second kappa shape index (κ2) is 10.1. The minimum atomic E-state index is -0.945. The lowest BCUT2D eigenvalue weighted by atomic mass is 10.0. The van der Waals surface area contributed by atoms with Crippen LogP contribution in [0.2, 0.25) is 0 Å². The minimum Gasteiger partial charge on any atom is -0.481 e. The van der Waals surface area contributed by atoms with Crippen molar-refractivity contribution in [1.29, 1.82) is 0 Å². The molecule has 0 spiro atoms. The van der Waals surface area contributed by atoms with Crippen molar-refractivity contribution in [2.24, 2.45) is 0 Å². The molecule has 0 aromatic heterocycles. The smallest absolute Gasteiger partial charge is 0.306 e. The van der Waals surface area contributed by atoms with Gasteiger partial charge in [0.2, 0.25) is 0 Å². The van der Waals surface area contributed by atoms with E-state index in [1.165, 1.54) is 32.1 Å². The van der Waals surface area contributed by atoms with Crippen molar-refractivity contribution >= 4 is 21.9 Å². The average molecular weight is 295 g/mol. The highest BCUT2D eigenvalue weighted by molar-refractivity contribution is 9.09. The van der Waals surface area contributed by atoms with Crippen LogP contribution in [0.15, 0.2) is 0 Å². The third-order valence-electron chi connectivity index (χ3n) is 2.63. The van der Waals surface area contributed by atoms with Gasteiger partial charge in [-0.2, -0.15) is 0 Å². The van der Waals surface area contributed by atoms with E-state index in [1.807, 2.05) is 0 Å². The second-order valence-corrected chi connectivity index (χ2v) is 5.41. The number of aliphatic hydroxyl groups is 1. The number of unbranched alkanes of at least 4 members (excludes halogenated alkanes) is 5. The molecule has 0 aliphatic heterocycles. The Balaban J connectivity index is 3.42. The molecule has 0 fully saturated rings. The van der Waals surface area contributed by atoms with E-state index in [4.69, 9.17) is 5.11 Å². The minimum absolute atomic E-state index is 0.0882. The van der Waals surface area contributed by atoms with E-state index in [2.05, 4.69) is 22.9 Å². The molecule has 2 N–H and O–H groups in total. The van der Waals surface area contributed by atoms with Gasteiger partial charge in [-0.25, -0.2) is 0 Å². The molecule has 0 saturated carbocycles. The lowest BCUT2D eigenvalue weighted by Crippen LogP contribution is -2.23. The quantitative estimate of drug-likeness (QED) is 0.480. The lowest BCUT2D eigenvalue weighted by molar-refractivity contribution is -0.139. The molecule has 2 unspecified atom stereocenters. The SMILES string of the molecule is CCCCCCCCC(Br)C(O)CC(=O)O. The van der Waals surface area contributed by atoms with Crippen LogP contribution in [0, 0.1) is 0 Å². The number of hydrogen-bond acceptors (Lipinski definition) is 2. The molecule has 0 radical (unpaired) electrons. The van der Waals surface area contributed by atoms with Crippen LogP contribution >= 0.6 is 15.9 Å². The lowest BCUT2D eigenvalue weighted by Gasteiger charge is -2.15. The fourth-order valence-electron chi connectivity index (χ4n) is 1.62. The van der Waals surface area contributed by atoms with Crippen LogP contribution in [0.3, 0.4) is 0 Å². The first kappa shape index (κ1) is 15.9. The Morgan fingerprint density at radius 2 is 1.75 bits per heavy atom. The Hall–Kier alpha value is -0.0900. The summed E-state index contributed by atoms with van der Waals surface area (Å²) < 4.78 is 0. The standard InChI is InChI=1S/C12H23BrO3/c1-2-3-4-5-6-7-8-10(13)11(14)9-12(15)16/h10-11,14H,2-9H2,1H3,(H,15,16). The molecular weight excluding hydrogens is 272 g/mol. The zero-order valence-corrected chi connectivity index (χ0v) is 11.6. The Morgan fingerprint density at radius 1 is 1.19 bits per heavy atom. The van der Waals surface area contributed by atoms with Gasteiger partial charge in [-0.05, 0) is 6.42 Å². The number of aliphatic carboxylic acids is 1. The van der Waals surface area contributed by atoms with E-state index in [0.29, 0.717) is 0 Å². The summed E-state index contributed by atoms with van der Waals surface area (Å²) in [6, 6.07) is 0. The molecule has 0 bridgehead atoms. The van der Waals surface area contributed by atoms with E-state index in [1.54, 1.807) is 0 Å². The molecule has 0 saturated heterocycles. The van der Waals surface area contributed by atoms with E-state index in [0.717, 1.165) is 12.8 Å². The van der Waals surface area contributed by atoms with Gasteiger partial charge in [0.1, 0.15) is 0 Å². The van der Waals surface area contributed by atoms with Gasteiger partial charge in [0, 0.05) is 4.83 Å². The summed E-state index contributed by atoms with van der Waals surface area (Å²) in [4.78, 5) is 10.3. The molecule has 0 aromatic rings. The van der Waals surface area contributed by atoms with Crippen LogP contribution in [-0.2, 0) is 4.79 Å². The highest BCUT2D eigenvalue weighted by atomic mass is 79.9. The topological polar surface area (TPSA) is 57.5 Å². The first-order valence-electron chi connectivity index (χ1n) is 6.11. The normalized spacial score (nSPS) is 14.7. The second-order valence-electron chi connectivity index (χ2n) is 4.24. The van der Waals surface area contributed by atoms with Gasteiger partial charge in [0.05, 0.1) is 12.5 Å². The van der Waals surface area contributed by atoms with Crippen LogP contribution in [0.1, 0.15) is 58.3 Å². The number of aliphatic hydroxyl groups excluding tert-OH is 1. The Kier molecular flexibility index (Phi) is 10.0. The summed E-state index contributed by atoms with van der Waals surface area (Å²) in [6.07, 6.45) is 7.18. The summed E-state index contributed by atoms with van der Waals surface area (Å²) in [5, 5.41) is 18.0. The van der Waals surface area contributed by atoms with Crippen LogP contribution < -0.4 is 0 Å². The van der Waals surface area contributed by atoms with Gasteiger partial charge in [-0.15, -0.1) is 0 Å². The first-order chi connectivity index (χ1) is 7.57. The molecule has 0 aromatic carbocycles. The maximum Gasteiger partial charge on any atom is 0.306 e. The third kappa shape index (κ3) is 9.16. The predicted molar refractivity (Wildman–Crippen MR) is 69.0 cm³/mol. The zero-order valence-electron chi connectivity index (χ0n) is 9.99. The van der Waals surface area contributed by atoms with Crippen molar-refractivity contribution in [2.75, 3.05) is 0 Å². The van der Waals surface area contributed by atoms with Crippen molar-refractivity contribution in [1.82, 2.24) is 0 Å².